The maximum Gasteiger partial charge on any atom is 0.327 e. The quantitative estimate of drug-likeness (QED) is 0.711. The number of carbonyl (C=O) groups is 1. The molecule has 3 aromatic rings. The Morgan fingerprint density at radius 3 is 2.85 bits per heavy atom. The Hall–Kier alpha value is -3.39. The first kappa shape index (κ1) is 17.4. The third-order valence-corrected chi connectivity index (χ3v) is 4.40. The molecule has 26 heavy (non-hydrogen) atoms. The minimum atomic E-state index is -0.972. The van der Waals surface area contributed by atoms with Gasteiger partial charge in [-0.15, -0.1) is 0 Å². The van der Waals surface area contributed by atoms with E-state index in [9.17, 15) is 10.1 Å². The van der Waals surface area contributed by atoms with Crippen LogP contribution in [0.1, 0.15) is 29.4 Å². The molecule has 2 aromatic heterocycles. The highest BCUT2D eigenvalue weighted by Gasteiger charge is 2.16. The Morgan fingerprint density at radius 1 is 1.35 bits per heavy atom. The highest BCUT2D eigenvalue weighted by molar-refractivity contribution is 5.85. The Bertz CT molecular complexity index is 1060. The van der Waals surface area contributed by atoms with Crippen LogP contribution in [0.3, 0.4) is 0 Å². The fourth-order valence-electron chi connectivity index (χ4n) is 3.19. The molecule has 5 heteroatoms. The molecule has 0 spiro atoms. The molecular formula is C21H19N3O2. The lowest BCUT2D eigenvalue weighted by molar-refractivity contribution is -0.131. The predicted octanol–water partition coefficient (Wildman–Crippen LogP) is 3.93. The van der Waals surface area contributed by atoms with E-state index in [-0.39, 0.29) is 0 Å². The average Bonchev–Trinajstić information content (AvgIpc) is 3.04. The minimum Gasteiger partial charge on any atom is -0.478 e. The molecule has 0 aliphatic rings. The summed E-state index contributed by atoms with van der Waals surface area (Å²) < 4.78 is 1.94. The molecule has 0 unspecified atom stereocenters. The first-order chi connectivity index (χ1) is 12.5. The number of nitriles is 1. The van der Waals surface area contributed by atoms with E-state index in [1.165, 1.54) is 0 Å². The molecule has 1 N–H and O–H groups in total. The van der Waals surface area contributed by atoms with Gasteiger partial charge in [0.15, 0.2) is 0 Å². The summed E-state index contributed by atoms with van der Waals surface area (Å²) in [7, 11) is 0. The largest absolute Gasteiger partial charge is 0.478 e. The number of hydrogen-bond acceptors (Lipinski definition) is 3. The number of aromatic nitrogens is 2. The van der Waals surface area contributed by atoms with Gasteiger partial charge in [-0.05, 0) is 55.2 Å². The number of aliphatic carboxylic acids is 1. The molecule has 0 saturated carbocycles. The SMILES string of the molecule is CCc1ccc2c(-c3cccc(C#N)c3)c(CC=CC(=O)O)c(C)nn12. The van der Waals surface area contributed by atoms with Gasteiger partial charge in [-0.2, -0.15) is 10.4 Å². The lowest BCUT2D eigenvalue weighted by Crippen LogP contribution is -2.05. The number of hydrogen-bond donors (Lipinski definition) is 1. The van der Waals surface area contributed by atoms with E-state index in [0.717, 1.165) is 46.1 Å². The Balaban J connectivity index is 2.29. The van der Waals surface area contributed by atoms with Crippen LogP contribution in [0.2, 0.25) is 0 Å². The Kier molecular flexibility index (Phi) is 4.85. The van der Waals surface area contributed by atoms with Crippen molar-refractivity contribution < 1.29 is 9.90 Å². The molecule has 3 rings (SSSR count). The molecule has 130 valence electrons. The molecule has 2 heterocycles. The highest BCUT2D eigenvalue weighted by atomic mass is 16.4. The molecule has 0 bridgehead atoms. The van der Waals surface area contributed by atoms with Gasteiger partial charge in [0.05, 0.1) is 22.8 Å². The van der Waals surface area contributed by atoms with E-state index in [1.807, 2.05) is 35.7 Å². The van der Waals surface area contributed by atoms with Gasteiger partial charge in [-0.3, -0.25) is 0 Å². The first-order valence-electron chi connectivity index (χ1n) is 8.45. The van der Waals surface area contributed by atoms with Crippen molar-refractivity contribution in [2.75, 3.05) is 0 Å². The smallest absolute Gasteiger partial charge is 0.327 e. The fourth-order valence-corrected chi connectivity index (χ4v) is 3.19. The summed E-state index contributed by atoms with van der Waals surface area (Å²) in [6.45, 7) is 4.01. The van der Waals surface area contributed by atoms with E-state index in [4.69, 9.17) is 10.2 Å². The lowest BCUT2D eigenvalue weighted by Gasteiger charge is -2.15. The summed E-state index contributed by atoms with van der Waals surface area (Å²) in [5.74, 6) is -0.972. The number of aryl methyl sites for hydroxylation is 2. The van der Waals surface area contributed by atoms with Crippen molar-refractivity contribution in [2.24, 2.45) is 0 Å². The zero-order valence-electron chi connectivity index (χ0n) is 14.7. The van der Waals surface area contributed by atoms with Crippen LogP contribution in [0, 0.1) is 18.3 Å². The molecular weight excluding hydrogens is 326 g/mol. The molecule has 0 radical (unpaired) electrons. The normalized spacial score (nSPS) is 11.1. The van der Waals surface area contributed by atoms with Crippen LogP contribution in [0.25, 0.3) is 16.6 Å². The van der Waals surface area contributed by atoms with Gasteiger partial charge in [-0.25, -0.2) is 9.31 Å². The first-order valence-corrected chi connectivity index (χ1v) is 8.45. The highest BCUT2D eigenvalue weighted by Crippen LogP contribution is 2.32. The van der Waals surface area contributed by atoms with Gasteiger partial charge in [0, 0.05) is 17.3 Å². The second-order valence-electron chi connectivity index (χ2n) is 6.05. The number of allylic oxidation sites excluding steroid dienone is 1. The van der Waals surface area contributed by atoms with Gasteiger partial charge >= 0.3 is 5.97 Å². The molecule has 0 aliphatic heterocycles. The monoisotopic (exact) mass is 345 g/mol. The van der Waals surface area contributed by atoms with Crippen molar-refractivity contribution in [3.63, 3.8) is 0 Å². The van der Waals surface area contributed by atoms with Crippen molar-refractivity contribution in [1.82, 2.24) is 9.61 Å². The number of carboxylic acids is 1. The molecule has 5 nitrogen and oxygen atoms in total. The van der Waals surface area contributed by atoms with Crippen molar-refractivity contribution in [3.8, 4) is 17.2 Å². The minimum absolute atomic E-state index is 0.459. The molecule has 0 fully saturated rings. The van der Waals surface area contributed by atoms with Gasteiger partial charge in [0.25, 0.3) is 0 Å². The summed E-state index contributed by atoms with van der Waals surface area (Å²) in [5.41, 5.74) is 6.38. The topological polar surface area (TPSA) is 78.4 Å². The van der Waals surface area contributed by atoms with Crippen LogP contribution < -0.4 is 0 Å². The van der Waals surface area contributed by atoms with Gasteiger partial charge < -0.3 is 5.11 Å². The van der Waals surface area contributed by atoms with Crippen LogP contribution in [-0.2, 0) is 17.6 Å². The van der Waals surface area contributed by atoms with Crippen LogP contribution in [0.15, 0.2) is 48.6 Å². The van der Waals surface area contributed by atoms with Gasteiger partial charge in [0.1, 0.15) is 0 Å². The van der Waals surface area contributed by atoms with Crippen molar-refractivity contribution >= 4 is 11.5 Å². The molecule has 0 atom stereocenters. The molecule has 1 aromatic carbocycles. The Morgan fingerprint density at radius 2 is 2.15 bits per heavy atom. The zero-order valence-corrected chi connectivity index (χ0v) is 14.7. The summed E-state index contributed by atoms with van der Waals surface area (Å²) in [6, 6.07) is 13.7. The zero-order chi connectivity index (χ0) is 18.7. The van der Waals surface area contributed by atoms with Gasteiger partial charge in [0.2, 0.25) is 0 Å². The second kappa shape index (κ2) is 7.24. The Labute approximate surface area is 151 Å². The summed E-state index contributed by atoms with van der Waals surface area (Å²) in [4.78, 5) is 10.8. The van der Waals surface area contributed by atoms with E-state index < -0.39 is 5.97 Å². The second-order valence-corrected chi connectivity index (χ2v) is 6.05. The average molecular weight is 345 g/mol. The van der Waals surface area contributed by atoms with Crippen molar-refractivity contribution in [3.05, 3.63) is 71.1 Å². The van der Waals surface area contributed by atoms with Crippen LogP contribution in [0.4, 0.5) is 0 Å². The summed E-state index contributed by atoms with van der Waals surface area (Å²) >= 11 is 0. The standard InChI is InChI=1S/C21H19N3O2/c1-3-17-10-11-19-21(16-7-4-6-15(12-16)13-22)18(8-5-9-20(25)26)14(2)23-24(17)19/h4-7,9-12H,3,8H2,1-2H3,(H,25,26). The third kappa shape index (κ3) is 3.22. The number of fused-ring (bicyclic) bond motifs is 1. The van der Waals surface area contributed by atoms with E-state index in [2.05, 4.69) is 19.1 Å². The van der Waals surface area contributed by atoms with Crippen LogP contribution >= 0.6 is 0 Å². The van der Waals surface area contributed by atoms with Gasteiger partial charge in [-0.1, -0.05) is 25.1 Å². The number of nitrogens with zero attached hydrogens (tertiary/aromatic N) is 3. The number of carboxylic acid groups (broad SMARTS) is 1. The van der Waals surface area contributed by atoms with Crippen LogP contribution in [0.5, 0.6) is 0 Å². The summed E-state index contributed by atoms with van der Waals surface area (Å²) in [6.07, 6.45) is 4.09. The van der Waals surface area contributed by atoms with E-state index >= 15 is 0 Å². The van der Waals surface area contributed by atoms with E-state index in [0.29, 0.717) is 12.0 Å². The van der Waals surface area contributed by atoms with Crippen LogP contribution in [-0.4, -0.2) is 20.7 Å². The summed E-state index contributed by atoms with van der Waals surface area (Å²) in [5, 5.41) is 22.8. The molecule has 0 aliphatic carbocycles. The molecule has 0 saturated heterocycles. The lowest BCUT2D eigenvalue weighted by atomic mass is 9.95. The van der Waals surface area contributed by atoms with Crippen molar-refractivity contribution in [1.29, 1.82) is 5.26 Å². The maximum absolute atomic E-state index is 10.8. The fraction of sp³-hybridized carbons (Fsp3) is 0.190. The van der Waals surface area contributed by atoms with E-state index in [1.54, 1.807) is 12.1 Å². The third-order valence-electron chi connectivity index (χ3n) is 4.40. The van der Waals surface area contributed by atoms with Crippen molar-refractivity contribution in [2.45, 2.75) is 26.7 Å². The molecule has 0 amide bonds. The number of benzene rings is 1. The number of rotatable bonds is 5. The predicted molar refractivity (Wildman–Crippen MR) is 99.9 cm³/mol. The maximum atomic E-state index is 10.8.